The van der Waals surface area contributed by atoms with E-state index >= 15 is 0 Å². The molecule has 0 aliphatic rings. The third-order valence-electron chi connectivity index (χ3n) is 2.80. The van der Waals surface area contributed by atoms with E-state index in [1.807, 2.05) is 24.3 Å². The topological polar surface area (TPSA) is 89.9 Å². The molecule has 0 saturated heterocycles. The zero-order valence-electron chi connectivity index (χ0n) is 10.4. The number of nitrogens with one attached hydrogen (secondary N) is 1. The van der Waals surface area contributed by atoms with Crippen molar-refractivity contribution in [3.63, 3.8) is 0 Å². The second-order valence-corrected chi connectivity index (χ2v) is 4.19. The molecule has 6 nitrogen and oxygen atoms in total. The van der Waals surface area contributed by atoms with E-state index in [1.54, 1.807) is 13.1 Å². The molecule has 0 unspecified atom stereocenters. The molecule has 1 aromatic carbocycles. The van der Waals surface area contributed by atoms with Crippen LogP contribution in [-0.2, 0) is 6.54 Å². The zero-order chi connectivity index (χ0) is 13.2. The highest BCUT2D eigenvalue weighted by Crippen LogP contribution is 2.27. The van der Waals surface area contributed by atoms with Gasteiger partial charge in [0.1, 0.15) is 0 Å². The molecule has 6 heteroatoms. The fourth-order valence-corrected chi connectivity index (χ4v) is 1.93. The number of fused-ring (bicyclic) bond motifs is 1. The second-order valence-electron chi connectivity index (χ2n) is 4.19. The van der Waals surface area contributed by atoms with Crippen LogP contribution >= 0.6 is 0 Å². The molecule has 0 aliphatic heterocycles. The number of aromatic nitrogens is 3. The van der Waals surface area contributed by atoms with Crippen molar-refractivity contribution in [2.75, 3.05) is 11.1 Å². The molecule has 3 aromatic rings. The van der Waals surface area contributed by atoms with E-state index < -0.39 is 0 Å². The summed E-state index contributed by atoms with van der Waals surface area (Å²) in [5.74, 6) is 1.14. The number of hydrogen-bond acceptors (Lipinski definition) is 6. The molecular weight excluding hydrogens is 242 g/mol. The van der Waals surface area contributed by atoms with E-state index in [0.717, 1.165) is 16.6 Å². The molecule has 0 spiro atoms. The maximum absolute atomic E-state index is 5.97. The number of para-hydroxylation sites is 1. The standard InChI is InChI=1S/C13H13N5O/c1-8-17-12(18-19-8)7-16-13-9-4-2-3-5-11(9)15-6-10(13)14/h2-6H,7,14H2,1H3,(H,15,16). The van der Waals surface area contributed by atoms with Crippen LogP contribution in [0.5, 0.6) is 0 Å². The average Bonchev–Trinajstić information content (AvgIpc) is 2.83. The van der Waals surface area contributed by atoms with Gasteiger partial charge in [-0.1, -0.05) is 23.4 Å². The number of rotatable bonds is 3. The number of pyridine rings is 1. The number of nitrogen functional groups attached to an aromatic ring is 1. The van der Waals surface area contributed by atoms with E-state index in [4.69, 9.17) is 10.3 Å². The van der Waals surface area contributed by atoms with Crippen LogP contribution in [0.25, 0.3) is 10.9 Å². The fraction of sp³-hybridized carbons (Fsp3) is 0.154. The van der Waals surface area contributed by atoms with Crippen molar-refractivity contribution in [1.29, 1.82) is 0 Å². The molecule has 0 bridgehead atoms. The van der Waals surface area contributed by atoms with Gasteiger partial charge in [0.25, 0.3) is 0 Å². The number of aryl methyl sites for hydroxylation is 1. The van der Waals surface area contributed by atoms with Gasteiger partial charge in [-0.3, -0.25) is 4.98 Å². The van der Waals surface area contributed by atoms with E-state index in [1.165, 1.54) is 0 Å². The maximum Gasteiger partial charge on any atom is 0.223 e. The normalized spacial score (nSPS) is 10.8. The van der Waals surface area contributed by atoms with E-state index in [9.17, 15) is 0 Å². The minimum Gasteiger partial charge on any atom is -0.396 e. The lowest BCUT2D eigenvalue weighted by atomic mass is 10.1. The summed E-state index contributed by atoms with van der Waals surface area (Å²) >= 11 is 0. The number of anilines is 2. The molecule has 19 heavy (non-hydrogen) atoms. The first-order valence-electron chi connectivity index (χ1n) is 5.90. The number of nitrogens with zero attached hydrogens (tertiary/aromatic N) is 3. The van der Waals surface area contributed by atoms with Gasteiger partial charge in [0.2, 0.25) is 5.89 Å². The van der Waals surface area contributed by atoms with E-state index in [2.05, 4.69) is 20.4 Å². The minimum atomic E-state index is 0.454. The summed E-state index contributed by atoms with van der Waals surface area (Å²) in [5, 5.41) is 8.05. The Hall–Kier alpha value is -2.63. The van der Waals surface area contributed by atoms with Crippen LogP contribution < -0.4 is 11.1 Å². The summed E-state index contributed by atoms with van der Waals surface area (Å²) in [6, 6.07) is 7.81. The molecule has 0 radical (unpaired) electrons. The molecule has 3 N–H and O–H groups in total. The minimum absolute atomic E-state index is 0.454. The molecule has 0 fully saturated rings. The Morgan fingerprint density at radius 3 is 2.95 bits per heavy atom. The van der Waals surface area contributed by atoms with Crippen LogP contribution in [0.2, 0.25) is 0 Å². The number of benzene rings is 1. The maximum atomic E-state index is 5.97. The van der Waals surface area contributed by atoms with Crippen molar-refractivity contribution in [3.05, 3.63) is 42.2 Å². The fourth-order valence-electron chi connectivity index (χ4n) is 1.93. The van der Waals surface area contributed by atoms with Crippen LogP contribution in [0.4, 0.5) is 11.4 Å². The van der Waals surface area contributed by atoms with Crippen LogP contribution in [-0.4, -0.2) is 15.1 Å². The van der Waals surface area contributed by atoms with Gasteiger partial charge in [-0.05, 0) is 6.07 Å². The van der Waals surface area contributed by atoms with Crippen molar-refractivity contribution in [2.24, 2.45) is 0 Å². The highest BCUT2D eigenvalue weighted by Gasteiger charge is 2.08. The third-order valence-corrected chi connectivity index (χ3v) is 2.80. The summed E-state index contributed by atoms with van der Waals surface area (Å²) in [5.41, 5.74) is 8.30. The lowest BCUT2D eigenvalue weighted by Crippen LogP contribution is -2.05. The SMILES string of the molecule is Cc1nc(CNc2c(N)cnc3ccccc23)no1. The second kappa shape index (κ2) is 4.56. The summed E-state index contributed by atoms with van der Waals surface area (Å²) < 4.78 is 4.93. The van der Waals surface area contributed by atoms with Gasteiger partial charge in [0.15, 0.2) is 5.82 Å². The van der Waals surface area contributed by atoms with Crippen LogP contribution in [0.3, 0.4) is 0 Å². The van der Waals surface area contributed by atoms with Gasteiger partial charge in [-0.2, -0.15) is 4.98 Å². The first kappa shape index (κ1) is 11.5. The Balaban J connectivity index is 1.93. The highest BCUT2D eigenvalue weighted by molar-refractivity contribution is 5.96. The monoisotopic (exact) mass is 255 g/mol. The third kappa shape index (κ3) is 2.20. The number of hydrogen-bond donors (Lipinski definition) is 2. The van der Waals surface area contributed by atoms with E-state index in [-0.39, 0.29) is 0 Å². The average molecular weight is 255 g/mol. The molecule has 0 saturated carbocycles. The van der Waals surface area contributed by atoms with Gasteiger partial charge in [-0.25, -0.2) is 0 Å². The lowest BCUT2D eigenvalue weighted by Gasteiger charge is -2.10. The molecular formula is C13H13N5O. The zero-order valence-corrected chi connectivity index (χ0v) is 10.4. The van der Waals surface area contributed by atoms with Gasteiger partial charge in [-0.15, -0.1) is 0 Å². The molecule has 2 aromatic heterocycles. The molecule has 3 rings (SSSR count). The van der Waals surface area contributed by atoms with Crippen molar-refractivity contribution in [3.8, 4) is 0 Å². The smallest absolute Gasteiger partial charge is 0.223 e. The summed E-state index contributed by atoms with van der Waals surface area (Å²) in [6.07, 6.45) is 1.64. The molecule has 0 aliphatic carbocycles. The summed E-state index contributed by atoms with van der Waals surface area (Å²) in [6.45, 7) is 2.21. The first-order valence-corrected chi connectivity index (χ1v) is 5.90. The Bertz CT molecular complexity index is 722. The predicted molar refractivity (Wildman–Crippen MR) is 72.5 cm³/mol. The van der Waals surface area contributed by atoms with Crippen molar-refractivity contribution >= 4 is 22.3 Å². The van der Waals surface area contributed by atoms with Gasteiger partial charge < -0.3 is 15.6 Å². The Morgan fingerprint density at radius 2 is 2.16 bits per heavy atom. The van der Waals surface area contributed by atoms with E-state index in [0.29, 0.717) is 23.9 Å². The Morgan fingerprint density at radius 1 is 1.32 bits per heavy atom. The van der Waals surface area contributed by atoms with Gasteiger partial charge >= 0.3 is 0 Å². The van der Waals surface area contributed by atoms with Crippen LogP contribution in [0.15, 0.2) is 35.0 Å². The molecule has 0 atom stereocenters. The number of nitrogens with two attached hydrogens (primary N) is 1. The predicted octanol–water partition coefficient (Wildman–Crippen LogP) is 2.12. The van der Waals surface area contributed by atoms with Crippen LogP contribution in [0.1, 0.15) is 11.7 Å². The molecule has 0 amide bonds. The first-order chi connectivity index (χ1) is 9.24. The Labute approximate surface area is 109 Å². The van der Waals surface area contributed by atoms with Crippen molar-refractivity contribution in [1.82, 2.24) is 15.1 Å². The summed E-state index contributed by atoms with van der Waals surface area (Å²) in [7, 11) is 0. The molecule has 2 heterocycles. The quantitative estimate of drug-likeness (QED) is 0.745. The molecule has 96 valence electrons. The van der Waals surface area contributed by atoms with Crippen molar-refractivity contribution < 1.29 is 4.52 Å². The van der Waals surface area contributed by atoms with Crippen molar-refractivity contribution in [2.45, 2.75) is 13.5 Å². The van der Waals surface area contributed by atoms with Gasteiger partial charge in [0, 0.05) is 12.3 Å². The summed E-state index contributed by atoms with van der Waals surface area (Å²) in [4.78, 5) is 8.42. The van der Waals surface area contributed by atoms with Gasteiger partial charge in [0.05, 0.1) is 29.6 Å². The Kier molecular flexibility index (Phi) is 2.75. The highest BCUT2D eigenvalue weighted by atomic mass is 16.5. The largest absolute Gasteiger partial charge is 0.396 e. The lowest BCUT2D eigenvalue weighted by molar-refractivity contribution is 0.388. The van der Waals surface area contributed by atoms with Crippen LogP contribution in [0, 0.1) is 6.92 Å².